The van der Waals surface area contributed by atoms with Crippen LogP contribution in [0.2, 0.25) is 5.02 Å². The Bertz CT molecular complexity index is 1610. The number of sulfonamides is 1. The van der Waals surface area contributed by atoms with Gasteiger partial charge in [0.1, 0.15) is 16.4 Å². The normalized spacial score (nSPS) is 10.8. The van der Waals surface area contributed by atoms with Crippen molar-refractivity contribution in [2.24, 2.45) is 0 Å². The van der Waals surface area contributed by atoms with E-state index in [1.807, 2.05) is 0 Å². The van der Waals surface area contributed by atoms with Crippen molar-refractivity contribution in [2.45, 2.75) is 4.90 Å². The number of halogens is 1. The Kier molecular flexibility index (Phi) is 8.38. The van der Waals surface area contributed by atoms with Crippen molar-refractivity contribution in [2.75, 3.05) is 29.6 Å². The van der Waals surface area contributed by atoms with Crippen LogP contribution in [0.25, 0.3) is 0 Å². The van der Waals surface area contributed by atoms with Crippen LogP contribution in [0.15, 0.2) is 95.9 Å². The fourth-order valence-corrected chi connectivity index (χ4v) is 5.18. The smallest absolute Gasteiger partial charge is 0.263 e. The zero-order valence-electron chi connectivity index (χ0n) is 20.9. The van der Waals surface area contributed by atoms with Crippen molar-refractivity contribution in [3.63, 3.8) is 0 Å². The zero-order valence-corrected chi connectivity index (χ0v) is 22.5. The van der Waals surface area contributed by atoms with E-state index < -0.39 is 21.8 Å². The van der Waals surface area contributed by atoms with Gasteiger partial charge in [-0.25, -0.2) is 8.42 Å². The molecule has 39 heavy (non-hydrogen) atoms. The lowest BCUT2D eigenvalue weighted by atomic mass is 10.1. The number of amides is 2. The third kappa shape index (κ3) is 6.67. The first-order chi connectivity index (χ1) is 18.7. The molecule has 3 N–H and O–H groups in total. The van der Waals surface area contributed by atoms with E-state index in [4.69, 9.17) is 21.1 Å². The highest BCUT2D eigenvalue weighted by Crippen LogP contribution is 2.28. The second-order valence-electron chi connectivity index (χ2n) is 8.16. The van der Waals surface area contributed by atoms with Crippen LogP contribution >= 0.6 is 11.6 Å². The fourth-order valence-electron chi connectivity index (χ4n) is 3.57. The number of methoxy groups -OCH3 is 2. The molecule has 0 aliphatic heterocycles. The lowest BCUT2D eigenvalue weighted by molar-refractivity contribution is 0.101. The van der Waals surface area contributed by atoms with Crippen molar-refractivity contribution in [1.82, 2.24) is 0 Å². The summed E-state index contributed by atoms with van der Waals surface area (Å²) in [4.78, 5) is 25.5. The van der Waals surface area contributed by atoms with Crippen LogP contribution in [0.4, 0.5) is 17.1 Å². The highest BCUT2D eigenvalue weighted by atomic mass is 35.5. The minimum atomic E-state index is -4.29. The number of ether oxygens (including phenoxy) is 2. The molecule has 0 fully saturated rings. The number of benzene rings is 4. The molecule has 0 saturated carbocycles. The minimum absolute atomic E-state index is 0.0349. The molecule has 0 radical (unpaired) electrons. The lowest BCUT2D eigenvalue weighted by Crippen LogP contribution is -2.19. The molecule has 0 aromatic heterocycles. The molecule has 11 heteroatoms. The van der Waals surface area contributed by atoms with Crippen LogP contribution in [-0.2, 0) is 10.0 Å². The summed E-state index contributed by atoms with van der Waals surface area (Å²) in [5.74, 6) is 0.180. The predicted molar refractivity (Wildman–Crippen MR) is 151 cm³/mol. The van der Waals surface area contributed by atoms with Gasteiger partial charge >= 0.3 is 0 Å². The van der Waals surface area contributed by atoms with Crippen LogP contribution in [0, 0.1) is 0 Å². The summed E-state index contributed by atoms with van der Waals surface area (Å²) in [7, 11) is -1.23. The van der Waals surface area contributed by atoms with Gasteiger partial charge in [0.05, 0.1) is 30.5 Å². The topological polar surface area (TPSA) is 123 Å². The van der Waals surface area contributed by atoms with Crippen LogP contribution in [-0.4, -0.2) is 34.5 Å². The van der Waals surface area contributed by atoms with Gasteiger partial charge in [-0.15, -0.1) is 0 Å². The van der Waals surface area contributed by atoms with Crippen LogP contribution in [0.1, 0.15) is 20.7 Å². The molecular weight excluding hydrogens is 542 g/mol. The summed E-state index contributed by atoms with van der Waals surface area (Å²) in [5.41, 5.74) is 1.18. The van der Waals surface area contributed by atoms with E-state index in [0.717, 1.165) is 0 Å². The van der Waals surface area contributed by atoms with Gasteiger partial charge in [-0.1, -0.05) is 23.7 Å². The van der Waals surface area contributed by atoms with E-state index in [2.05, 4.69) is 15.4 Å². The van der Waals surface area contributed by atoms with Crippen molar-refractivity contribution in [1.29, 1.82) is 0 Å². The summed E-state index contributed by atoms with van der Waals surface area (Å²) < 4.78 is 39.3. The summed E-state index contributed by atoms with van der Waals surface area (Å²) in [6.45, 7) is 0. The maximum absolute atomic E-state index is 13.3. The number of nitrogens with one attached hydrogen (secondary N) is 3. The highest BCUT2D eigenvalue weighted by Gasteiger charge is 2.23. The van der Waals surface area contributed by atoms with Crippen molar-refractivity contribution < 1.29 is 27.5 Å². The van der Waals surface area contributed by atoms with Gasteiger partial charge in [-0.05, 0) is 78.9 Å². The Labute approximate surface area is 230 Å². The molecule has 200 valence electrons. The molecule has 4 aromatic carbocycles. The Morgan fingerprint density at radius 2 is 1.26 bits per heavy atom. The molecule has 0 saturated heterocycles. The monoisotopic (exact) mass is 565 g/mol. The number of rotatable bonds is 9. The van der Waals surface area contributed by atoms with Gasteiger partial charge in [0.25, 0.3) is 21.8 Å². The number of anilines is 3. The molecule has 2 amide bonds. The highest BCUT2D eigenvalue weighted by molar-refractivity contribution is 7.92. The Morgan fingerprint density at radius 1 is 0.718 bits per heavy atom. The molecular formula is C28H24ClN3O6S. The number of hydrogen-bond donors (Lipinski definition) is 3. The fraction of sp³-hybridized carbons (Fsp3) is 0.0714. The van der Waals surface area contributed by atoms with Crippen molar-refractivity contribution in [3.05, 3.63) is 107 Å². The molecule has 0 bridgehead atoms. The SMILES string of the molecule is COc1ccc(NC(=O)c2ccc(Cl)c(S(=O)(=O)Nc3ccccc3C(=O)Nc3ccc(OC)cc3)c2)cc1. The first kappa shape index (κ1) is 27.5. The lowest BCUT2D eigenvalue weighted by Gasteiger charge is -2.14. The van der Waals surface area contributed by atoms with E-state index in [1.54, 1.807) is 60.7 Å². The molecule has 9 nitrogen and oxygen atoms in total. The quantitative estimate of drug-likeness (QED) is 0.240. The van der Waals surface area contributed by atoms with Gasteiger partial charge < -0.3 is 20.1 Å². The van der Waals surface area contributed by atoms with Gasteiger partial charge in [0.2, 0.25) is 0 Å². The number of carbonyl (C=O) groups excluding carboxylic acids is 2. The second-order valence-corrected chi connectivity index (χ2v) is 10.2. The molecule has 0 heterocycles. The number of hydrogen-bond acceptors (Lipinski definition) is 6. The van der Waals surface area contributed by atoms with Crippen LogP contribution in [0.5, 0.6) is 11.5 Å². The standard InChI is InChI=1S/C28H24ClN3O6S/c1-37-21-12-8-19(9-13-21)30-27(33)18-7-16-24(29)26(17-18)39(35,36)32-25-6-4-3-5-23(25)28(34)31-20-10-14-22(38-2)15-11-20/h3-17,32H,1-2H3,(H,30,33)(H,31,34). The Hall–Kier alpha value is -4.54. The van der Waals surface area contributed by atoms with Crippen LogP contribution in [0.3, 0.4) is 0 Å². The molecule has 4 rings (SSSR count). The van der Waals surface area contributed by atoms with Gasteiger partial charge in [-0.3, -0.25) is 14.3 Å². The molecule has 0 aliphatic rings. The predicted octanol–water partition coefficient (Wildman–Crippen LogP) is 5.66. The Balaban J connectivity index is 1.55. The molecule has 4 aromatic rings. The first-order valence-corrected chi connectivity index (χ1v) is 13.4. The van der Waals surface area contributed by atoms with Gasteiger partial charge in [-0.2, -0.15) is 0 Å². The molecule has 0 atom stereocenters. The zero-order chi connectivity index (χ0) is 28.0. The largest absolute Gasteiger partial charge is 0.497 e. The average molecular weight is 566 g/mol. The van der Waals surface area contributed by atoms with E-state index in [-0.39, 0.29) is 26.7 Å². The summed E-state index contributed by atoms with van der Waals surface area (Å²) in [6.07, 6.45) is 0. The molecule has 0 spiro atoms. The maximum Gasteiger partial charge on any atom is 0.263 e. The minimum Gasteiger partial charge on any atom is -0.497 e. The first-order valence-electron chi connectivity index (χ1n) is 11.5. The maximum atomic E-state index is 13.3. The second kappa shape index (κ2) is 11.9. The summed E-state index contributed by atoms with van der Waals surface area (Å²) >= 11 is 6.23. The molecule has 0 unspecified atom stereocenters. The van der Waals surface area contributed by atoms with Gasteiger partial charge in [0, 0.05) is 16.9 Å². The van der Waals surface area contributed by atoms with E-state index >= 15 is 0 Å². The van der Waals surface area contributed by atoms with Crippen molar-refractivity contribution >= 4 is 50.5 Å². The third-order valence-electron chi connectivity index (χ3n) is 5.59. The summed E-state index contributed by atoms with van der Waals surface area (Å²) in [6, 6.07) is 23.4. The van der Waals surface area contributed by atoms with E-state index in [0.29, 0.717) is 22.9 Å². The van der Waals surface area contributed by atoms with E-state index in [9.17, 15) is 18.0 Å². The average Bonchev–Trinajstić information content (AvgIpc) is 2.94. The van der Waals surface area contributed by atoms with Gasteiger partial charge in [0.15, 0.2) is 0 Å². The number of para-hydroxylation sites is 1. The Morgan fingerprint density at radius 3 is 1.82 bits per heavy atom. The molecule has 0 aliphatic carbocycles. The third-order valence-corrected chi connectivity index (χ3v) is 7.44. The summed E-state index contributed by atoms with van der Waals surface area (Å²) in [5, 5.41) is 5.33. The van der Waals surface area contributed by atoms with Crippen molar-refractivity contribution in [3.8, 4) is 11.5 Å². The number of carbonyl (C=O) groups is 2. The van der Waals surface area contributed by atoms with Crippen LogP contribution < -0.4 is 24.8 Å². The van der Waals surface area contributed by atoms with E-state index in [1.165, 1.54) is 44.6 Å².